The second-order valence-corrected chi connectivity index (χ2v) is 3.87. The Morgan fingerprint density at radius 1 is 1.31 bits per heavy atom. The fourth-order valence-corrected chi connectivity index (χ4v) is 1.60. The molecule has 84 valence electrons. The van der Waals surface area contributed by atoms with Crippen molar-refractivity contribution in [1.29, 1.82) is 0 Å². The number of likely N-dealkylation sites (N-methyl/N-ethyl adjacent to an activating group) is 1. The first-order valence-corrected chi connectivity index (χ1v) is 5.43. The number of benzene rings is 1. The minimum absolute atomic E-state index is 0.418. The van der Waals surface area contributed by atoms with Crippen LogP contribution in [0.5, 0.6) is 0 Å². The van der Waals surface area contributed by atoms with Crippen molar-refractivity contribution in [2.24, 2.45) is 0 Å². The van der Waals surface area contributed by atoms with E-state index in [9.17, 15) is 0 Å². The third kappa shape index (κ3) is 2.28. The van der Waals surface area contributed by atoms with Crippen LogP contribution in [0.1, 0.15) is 12.6 Å². The van der Waals surface area contributed by atoms with E-state index < -0.39 is 0 Å². The van der Waals surface area contributed by atoms with Gasteiger partial charge in [0.05, 0.1) is 17.6 Å². The van der Waals surface area contributed by atoms with E-state index in [2.05, 4.69) is 22.6 Å². The van der Waals surface area contributed by atoms with Crippen LogP contribution in [0.4, 0.5) is 0 Å². The number of nitrogens with zero attached hydrogens (tertiary/aromatic N) is 3. The van der Waals surface area contributed by atoms with Crippen molar-refractivity contribution in [3.63, 3.8) is 0 Å². The lowest BCUT2D eigenvalue weighted by atomic mass is 10.2. The van der Waals surface area contributed by atoms with Gasteiger partial charge in [0.2, 0.25) is 0 Å². The normalized spacial score (nSPS) is 12.6. The van der Waals surface area contributed by atoms with Crippen molar-refractivity contribution >= 4 is 0 Å². The molecule has 0 saturated heterocycles. The van der Waals surface area contributed by atoms with Gasteiger partial charge < -0.3 is 5.32 Å². The van der Waals surface area contributed by atoms with Crippen LogP contribution in [-0.4, -0.2) is 28.1 Å². The number of aromatic nitrogens is 3. The molecular weight excluding hydrogens is 200 g/mol. The Hall–Kier alpha value is -1.68. The van der Waals surface area contributed by atoms with E-state index >= 15 is 0 Å². The van der Waals surface area contributed by atoms with Gasteiger partial charge in [-0.3, -0.25) is 0 Å². The zero-order chi connectivity index (χ0) is 11.4. The molecule has 4 heteroatoms. The van der Waals surface area contributed by atoms with Crippen LogP contribution in [0.3, 0.4) is 0 Å². The Kier molecular flexibility index (Phi) is 3.31. The quantitative estimate of drug-likeness (QED) is 0.840. The molecule has 0 aliphatic heterocycles. The maximum absolute atomic E-state index is 4.11. The second-order valence-electron chi connectivity index (χ2n) is 3.87. The fraction of sp³-hybridized carbons (Fsp3) is 0.333. The van der Waals surface area contributed by atoms with Crippen molar-refractivity contribution < 1.29 is 0 Å². The Balaban J connectivity index is 2.26. The van der Waals surface area contributed by atoms with Gasteiger partial charge in [-0.05, 0) is 26.1 Å². The van der Waals surface area contributed by atoms with Crippen molar-refractivity contribution in [2.75, 3.05) is 7.05 Å². The summed E-state index contributed by atoms with van der Waals surface area (Å²) in [6.07, 6.45) is 2.74. The smallest absolute Gasteiger partial charge is 0.0730 e. The lowest BCUT2D eigenvalue weighted by Gasteiger charge is -2.10. The highest BCUT2D eigenvalue weighted by molar-refractivity contribution is 5.31. The standard InChI is InChI=1S/C12H16N4/c1-10(13-2)8-12-9-14-15-16(12)11-6-4-3-5-7-11/h3-7,9-10,13H,8H2,1-2H3. The van der Waals surface area contributed by atoms with Gasteiger partial charge in [0.15, 0.2) is 0 Å². The van der Waals surface area contributed by atoms with Crippen molar-refractivity contribution in [1.82, 2.24) is 20.3 Å². The Bertz CT molecular complexity index is 435. The molecule has 1 atom stereocenters. The van der Waals surface area contributed by atoms with Gasteiger partial charge in [0.1, 0.15) is 0 Å². The van der Waals surface area contributed by atoms with E-state index in [1.54, 1.807) is 0 Å². The first-order chi connectivity index (χ1) is 7.81. The third-order valence-electron chi connectivity index (χ3n) is 2.63. The van der Waals surface area contributed by atoms with Crippen molar-refractivity contribution in [3.05, 3.63) is 42.2 Å². The van der Waals surface area contributed by atoms with E-state index in [1.165, 1.54) is 0 Å². The molecule has 16 heavy (non-hydrogen) atoms. The van der Waals surface area contributed by atoms with Crippen LogP contribution in [0, 0.1) is 0 Å². The summed E-state index contributed by atoms with van der Waals surface area (Å²) in [5.41, 5.74) is 2.17. The SMILES string of the molecule is CNC(C)Cc1cnnn1-c1ccccc1. The minimum Gasteiger partial charge on any atom is -0.317 e. The summed E-state index contributed by atoms with van der Waals surface area (Å²) >= 11 is 0. The molecule has 0 fully saturated rings. The van der Waals surface area contributed by atoms with Crippen LogP contribution < -0.4 is 5.32 Å². The van der Waals surface area contributed by atoms with Gasteiger partial charge in [0, 0.05) is 12.5 Å². The van der Waals surface area contributed by atoms with Gasteiger partial charge in [-0.25, -0.2) is 4.68 Å². The molecular formula is C12H16N4. The molecule has 1 aromatic carbocycles. The highest BCUT2D eigenvalue weighted by Crippen LogP contribution is 2.10. The van der Waals surface area contributed by atoms with E-state index in [0.717, 1.165) is 17.8 Å². The monoisotopic (exact) mass is 216 g/mol. The van der Waals surface area contributed by atoms with Gasteiger partial charge in [-0.15, -0.1) is 5.10 Å². The zero-order valence-corrected chi connectivity index (χ0v) is 9.59. The van der Waals surface area contributed by atoms with Crippen LogP contribution in [0.2, 0.25) is 0 Å². The molecule has 0 bridgehead atoms. The highest BCUT2D eigenvalue weighted by atomic mass is 15.4. The summed E-state index contributed by atoms with van der Waals surface area (Å²) in [6, 6.07) is 10.5. The molecule has 0 aliphatic rings. The number of para-hydroxylation sites is 1. The minimum atomic E-state index is 0.418. The van der Waals surface area contributed by atoms with E-state index in [-0.39, 0.29) is 0 Å². The van der Waals surface area contributed by atoms with E-state index in [4.69, 9.17) is 0 Å². The molecule has 0 aliphatic carbocycles. The summed E-state index contributed by atoms with van der Waals surface area (Å²) in [7, 11) is 1.96. The van der Waals surface area contributed by atoms with Crippen LogP contribution in [-0.2, 0) is 6.42 Å². The first kappa shape index (κ1) is 10.8. The topological polar surface area (TPSA) is 42.7 Å². The fourth-order valence-electron chi connectivity index (χ4n) is 1.60. The number of hydrogen-bond donors (Lipinski definition) is 1. The summed E-state index contributed by atoms with van der Waals surface area (Å²) in [5, 5.41) is 11.3. The Labute approximate surface area is 95.3 Å². The lowest BCUT2D eigenvalue weighted by molar-refractivity contribution is 0.588. The average molecular weight is 216 g/mol. The highest BCUT2D eigenvalue weighted by Gasteiger charge is 2.08. The van der Waals surface area contributed by atoms with Gasteiger partial charge in [0.25, 0.3) is 0 Å². The molecule has 4 nitrogen and oxygen atoms in total. The van der Waals surface area contributed by atoms with Crippen LogP contribution >= 0.6 is 0 Å². The summed E-state index contributed by atoms with van der Waals surface area (Å²) < 4.78 is 1.88. The molecule has 2 rings (SSSR count). The predicted octanol–water partition coefficient (Wildman–Crippen LogP) is 1.42. The molecule has 0 saturated carbocycles. The number of hydrogen-bond acceptors (Lipinski definition) is 3. The summed E-state index contributed by atoms with van der Waals surface area (Å²) in [5.74, 6) is 0. The molecule has 1 N–H and O–H groups in total. The maximum atomic E-state index is 4.11. The maximum Gasteiger partial charge on any atom is 0.0730 e. The molecule has 2 aromatic rings. The van der Waals surface area contributed by atoms with Gasteiger partial charge in [-0.2, -0.15) is 0 Å². The predicted molar refractivity (Wildman–Crippen MR) is 63.6 cm³/mol. The first-order valence-electron chi connectivity index (χ1n) is 5.43. The van der Waals surface area contributed by atoms with Crippen molar-refractivity contribution in [3.8, 4) is 5.69 Å². The Morgan fingerprint density at radius 3 is 2.75 bits per heavy atom. The number of nitrogens with one attached hydrogen (secondary N) is 1. The summed E-state index contributed by atoms with van der Waals surface area (Å²) in [6.45, 7) is 2.14. The van der Waals surface area contributed by atoms with E-state index in [0.29, 0.717) is 6.04 Å². The van der Waals surface area contributed by atoms with E-state index in [1.807, 2.05) is 48.3 Å². The zero-order valence-electron chi connectivity index (χ0n) is 9.59. The summed E-state index contributed by atoms with van der Waals surface area (Å²) in [4.78, 5) is 0. The molecule has 0 amide bonds. The molecule has 0 spiro atoms. The van der Waals surface area contributed by atoms with Gasteiger partial charge in [-0.1, -0.05) is 23.4 Å². The van der Waals surface area contributed by atoms with Gasteiger partial charge >= 0.3 is 0 Å². The van der Waals surface area contributed by atoms with Crippen LogP contribution in [0.25, 0.3) is 5.69 Å². The largest absolute Gasteiger partial charge is 0.317 e. The molecule has 1 heterocycles. The lowest BCUT2D eigenvalue weighted by Crippen LogP contribution is -2.24. The molecule has 1 unspecified atom stereocenters. The molecule has 0 radical (unpaired) electrons. The Morgan fingerprint density at radius 2 is 2.06 bits per heavy atom. The van der Waals surface area contributed by atoms with Crippen LogP contribution in [0.15, 0.2) is 36.5 Å². The average Bonchev–Trinajstić information content (AvgIpc) is 2.78. The van der Waals surface area contributed by atoms with Crippen molar-refractivity contribution in [2.45, 2.75) is 19.4 Å². The third-order valence-corrected chi connectivity index (χ3v) is 2.63. The second kappa shape index (κ2) is 4.90. The molecule has 1 aromatic heterocycles. The number of rotatable bonds is 4.